The van der Waals surface area contributed by atoms with Gasteiger partial charge < -0.3 is 27.9 Å². The molecule has 446 valence electrons. The molecule has 2 atom stereocenters. The minimum atomic E-state index is -4.64. The molecule has 0 aliphatic rings. The molecule has 0 aliphatic carbocycles. The van der Waals surface area contributed by atoms with E-state index in [1.54, 1.807) is 0 Å². The summed E-state index contributed by atoms with van der Waals surface area (Å²) in [5.74, 6) is -0.821. The summed E-state index contributed by atoms with van der Waals surface area (Å²) in [5.41, 5.74) is 0. The highest BCUT2D eigenvalue weighted by molar-refractivity contribution is 7.45. The van der Waals surface area contributed by atoms with Crippen molar-refractivity contribution in [3.05, 3.63) is 48.6 Å². The fourth-order valence-electron chi connectivity index (χ4n) is 9.31. The normalized spacial score (nSPS) is 13.5. The first-order valence-corrected chi connectivity index (χ1v) is 33.8. The van der Waals surface area contributed by atoms with Gasteiger partial charge in [0.25, 0.3) is 7.82 Å². The van der Waals surface area contributed by atoms with Crippen LogP contribution in [-0.4, -0.2) is 70.0 Å². The molecule has 10 heteroatoms. The molecule has 0 heterocycles. The van der Waals surface area contributed by atoms with Crippen LogP contribution in [-0.2, 0) is 32.7 Å². The predicted molar refractivity (Wildman–Crippen MR) is 324 cm³/mol. The molecule has 2 unspecified atom stereocenters. The first-order chi connectivity index (χ1) is 37.0. The highest BCUT2D eigenvalue weighted by Crippen LogP contribution is 2.38. The molecule has 9 nitrogen and oxygen atoms in total. The van der Waals surface area contributed by atoms with Crippen molar-refractivity contribution in [2.75, 3.05) is 47.5 Å². The second-order valence-corrected chi connectivity index (χ2v) is 24.5. The molecule has 0 amide bonds. The van der Waals surface area contributed by atoms with E-state index in [-0.39, 0.29) is 32.0 Å². The number of quaternary nitrogens is 1. The van der Waals surface area contributed by atoms with E-state index in [2.05, 4.69) is 62.5 Å². The van der Waals surface area contributed by atoms with Crippen molar-refractivity contribution in [1.29, 1.82) is 0 Å². The minimum absolute atomic E-state index is 0.0302. The Balaban J connectivity index is 4.08. The van der Waals surface area contributed by atoms with Gasteiger partial charge in [0.05, 0.1) is 27.7 Å². The van der Waals surface area contributed by atoms with Crippen molar-refractivity contribution in [3.8, 4) is 0 Å². The number of ether oxygens (including phenoxy) is 2. The zero-order valence-electron chi connectivity index (χ0n) is 50.7. The number of hydrogen-bond acceptors (Lipinski definition) is 8. The van der Waals surface area contributed by atoms with Crippen LogP contribution in [0.3, 0.4) is 0 Å². The summed E-state index contributed by atoms with van der Waals surface area (Å²) in [6.45, 7) is 4.26. The van der Waals surface area contributed by atoms with Gasteiger partial charge in [0.15, 0.2) is 6.10 Å². The minimum Gasteiger partial charge on any atom is -0.756 e. The van der Waals surface area contributed by atoms with Gasteiger partial charge in [-0.1, -0.05) is 268 Å². The average molecular weight is 1090 g/mol. The van der Waals surface area contributed by atoms with E-state index in [0.717, 1.165) is 51.4 Å². The Morgan fingerprint density at radius 2 is 0.711 bits per heavy atom. The topological polar surface area (TPSA) is 111 Å². The first-order valence-electron chi connectivity index (χ1n) is 32.3. The standard InChI is InChI=1S/C66H124NO8P/c1-6-8-10-12-14-16-18-20-22-24-26-28-30-32-33-35-37-39-41-43-45-47-49-51-53-55-57-59-66(69)75-64(63-74-76(70,71)73-61-60-67(3,4)5)62-72-65(68)58-56-54-52-50-48-46-44-42-40-38-36-34-31-29-27-25-23-21-19-17-15-13-11-9-7-2/h18-21,24-27,64H,6-17,22-23,28-63H2,1-5H3/b20-18-,21-19-,26-24-,27-25-. The number of likely N-dealkylation sites (N-methyl/N-ethyl adjacent to an activating group) is 1. The summed E-state index contributed by atoms with van der Waals surface area (Å²) in [6, 6.07) is 0. The molecule has 0 N–H and O–H groups in total. The Labute approximate surface area is 471 Å². The van der Waals surface area contributed by atoms with Crippen LogP contribution >= 0.6 is 7.82 Å². The number of nitrogens with zero attached hydrogens (tertiary/aromatic N) is 1. The maximum atomic E-state index is 12.8. The van der Waals surface area contributed by atoms with Crippen LogP contribution in [0.2, 0.25) is 0 Å². The zero-order chi connectivity index (χ0) is 55.6. The SMILES string of the molecule is CCCCCCC/C=C\C/C=C\CCCCCCCCCCCCCCCCCC(=O)OC(COC(=O)CCCCCCCCCCCCCCC/C=C\C/C=C\CCCCCCC)COP(=O)([O-])OCC[N+](C)(C)C. The Morgan fingerprint density at radius 3 is 1.04 bits per heavy atom. The molecule has 0 spiro atoms. The Kier molecular flexibility index (Phi) is 56.1. The molecule has 0 rings (SSSR count). The maximum Gasteiger partial charge on any atom is 0.306 e. The van der Waals surface area contributed by atoms with Crippen LogP contribution in [0.1, 0.15) is 309 Å². The summed E-state index contributed by atoms with van der Waals surface area (Å²) < 4.78 is 34.3. The zero-order valence-corrected chi connectivity index (χ0v) is 51.6. The lowest BCUT2D eigenvalue weighted by atomic mass is 10.0. The van der Waals surface area contributed by atoms with Gasteiger partial charge in [0.1, 0.15) is 19.8 Å². The second kappa shape index (κ2) is 57.6. The number of hydrogen-bond donors (Lipinski definition) is 0. The molecule has 0 bridgehead atoms. The lowest BCUT2D eigenvalue weighted by molar-refractivity contribution is -0.870. The van der Waals surface area contributed by atoms with Gasteiger partial charge in [-0.2, -0.15) is 0 Å². The van der Waals surface area contributed by atoms with Crippen molar-refractivity contribution < 1.29 is 42.1 Å². The van der Waals surface area contributed by atoms with Crippen LogP contribution < -0.4 is 4.89 Å². The average Bonchev–Trinajstić information content (AvgIpc) is 3.38. The third-order valence-corrected chi connectivity index (χ3v) is 15.3. The smallest absolute Gasteiger partial charge is 0.306 e. The van der Waals surface area contributed by atoms with E-state index in [9.17, 15) is 19.0 Å². The first kappa shape index (κ1) is 74.0. The van der Waals surface area contributed by atoms with E-state index in [0.29, 0.717) is 17.4 Å². The van der Waals surface area contributed by atoms with Crippen molar-refractivity contribution in [2.24, 2.45) is 0 Å². The summed E-state index contributed by atoms with van der Waals surface area (Å²) in [6.07, 6.45) is 73.1. The van der Waals surface area contributed by atoms with E-state index in [1.165, 1.54) is 225 Å². The number of esters is 2. The number of carbonyl (C=O) groups excluding carboxylic acids is 2. The van der Waals surface area contributed by atoms with Gasteiger partial charge in [-0.15, -0.1) is 0 Å². The molecule has 0 saturated heterocycles. The van der Waals surface area contributed by atoms with Crippen LogP contribution in [0.4, 0.5) is 0 Å². The molecule has 0 radical (unpaired) electrons. The number of phosphoric acid groups is 1. The highest BCUT2D eigenvalue weighted by Gasteiger charge is 2.22. The summed E-state index contributed by atoms with van der Waals surface area (Å²) in [5, 5.41) is 0. The highest BCUT2D eigenvalue weighted by atomic mass is 31.2. The largest absolute Gasteiger partial charge is 0.756 e. The van der Waals surface area contributed by atoms with Gasteiger partial charge >= 0.3 is 11.9 Å². The van der Waals surface area contributed by atoms with E-state index < -0.39 is 26.5 Å². The van der Waals surface area contributed by atoms with Gasteiger partial charge in [-0.3, -0.25) is 14.2 Å². The van der Waals surface area contributed by atoms with Gasteiger partial charge in [-0.25, -0.2) is 0 Å². The Hall–Kier alpha value is -2.03. The maximum absolute atomic E-state index is 12.8. The second-order valence-electron chi connectivity index (χ2n) is 23.1. The summed E-state index contributed by atoms with van der Waals surface area (Å²) in [7, 11) is 1.18. The Morgan fingerprint density at radius 1 is 0.408 bits per heavy atom. The number of allylic oxidation sites excluding steroid dienone is 8. The van der Waals surface area contributed by atoms with Crippen molar-refractivity contribution in [3.63, 3.8) is 0 Å². The van der Waals surface area contributed by atoms with Gasteiger partial charge in [0.2, 0.25) is 0 Å². The number of carbonyl (C=O) groups is 2. The quantitative estimate of drug-likeness (QED) is 0.0195. The molecule has 0 fully saturated rings. The number of unbranched alkanes of at least 4 members (excludes halogenated alkanes) is 38. The monoisotopic (exact) mass is 1090 g/mol. The van der Waals surface area contributed by atoms with Crippen molar-refractivity contribution in [1.82, 2.24) is 0 Å². The molecular formula is C66H124NO8P. The van der Waals surface area contributed by atoms with Gasteiger partial charge in [0, 0.05) is 12.8 Å². The molecule has 76 heavy (non-hydrogen) atoms. The van der Waals surface area contributed by atoms with Crippen LogP contribution in [0.25, 0.3) is 0 Å². The fourth-order valence-corrected chi connectivity index (χ4v) is 10.0. The summed E-state index contributed by atoms with van der Waals surface area (Å²) >= 11 is 0. The van der Waals surface area contributed by atoms with Gasteiger partial charge in [-0.05, 0) is 77.0 Å². The van der Waals surface area contributed by atoms with E-state index in [4.69, 9.17) is 18.5 Å². The van der Waals surface area contributed by atoms with Crippen molar-refractivity contribution >= 4 is 19.8 Å². The fraction of sp³-hybridized carbons (Fsp3) is 0.848. The lowest BCUT2D eigenvalue weighted by Gasteiger charge is -2.28. The molecule has 0 aromatic carbocycles. The Bertz CT molecular complexity index is 1420. The number of phosphoric ester groups is 1. The third-order valence-electron chi connectivity index (χ3n) is 14.3. The molecule has 0 aromatic rings. The number of rotatable bonds is 60. The molecular weight excluding hydrogens is 966 g/mol. The third kappa shape index (κ3) is 61.2. The van der Waals surface area contributed by atoms with Crippen molar-refractivity contribution in [2.45, 2.75) is 315 Å². The molecule has 0 aliphatic heterocycles. The summed E-state index contributed by atoms with van der Waals surface area (Å²) in [4.78, 5) is 38.0. The van der Waals surface area contributed by atoms with E-state index >= 15 is 0 Å². The molecule has 0 aromatic heterocycles. The van der Waals surface area contributed by atoms with E-state index in [1.807, 2.05) is 21.1 Å². The lowest BCUT2D eigenvalue weighted by Crippen LogP contribution is -2.37. The van der Waals surface area contributed by atoms with Crippen LogP contribution in [0, 0.1) is 0 Å². The van der Waals surface area contributed by atoms with Crippen LogP contribution in [0.5, 0.6) is 0 Å². The predicted octanol–water partition coefficient (Wildman–Crippen LogP) is 19.9. The molecule has 0 saturated carbocycles. The van der Waals surface area contributed by atoms with Crippen LogP contribution in [0.15, 0.2) is 48.6 Å².